The molecule has 29 heavy (non-hydrogen) atoms. The van der Waals surface area contributed by atoms with Gasteiger partial charge in [0.25, 0.3) is 0 Å². The summed E-state index contributed by atoms with van der Waals surface area (Å²) in [5, 5.41) is 11.1. The van der Waals surface area contributed by atoms with Gasteiger partial charge in [-0.25, -0.2) is 9.67 Å². The summed E-state index contributed by atoms with van der Waals surface area (Å²) in [6.07, 6.45) is -4.53. The average molecular weight is 473 g/mol. The Labute approximate surface area is 173 Å². The predicted octanol–water partition coefficient (Wildman–Crippen LogP) is 3.46. The molecule has 0 aromatic carbocycles. The first-order chi connectivity index (χ1) is 13.5. The van der Waals surface area contributed by atoms with Crippen molar-refractivity contribution in [3.8, 4) is 0 Å². The van der Waals surface area contributed by atoms with Crippen LogP contribution in [0.1, 0.15) is 28.3 Å². The number of hydrogen-bond donors (Lipinski definition) is 1. The molecule has 0 bridgehead atoms. The summed E-state index contributed by atoms with van der Waals surface area (Å²) in [5.74, 6) is -0.369. The quantitative estimate of drug-likeness (QED) is 0.616. The van der Waals surface area contributed by atoms with Gasteiger partial charge in [0, 0.05) is 17.9 Å². The van der Waals surface area contributed by atoms with E-state index in [2.05, 4.69) is 36.4 Å². The maximum atomic E-state index is 13.4. The lowest BCUT2D eigenvalue weighted by Gasteiger charge is -2.10. The van der Waals surface area contributed by atoms with Crippen LogP contribution in [0.4, 0.5) is 13.2 Å². The minimum Gasteiger partial charge on any atom is -0.353 e. The Morgan fingerprint density at radius 1 is 1.14 bits per heavy atom. The molecule has 0 spiro atoms. The van der Waals surface area contributed by atoms with E-state index in [0.29, 0.717) is 13.1 Å². The number of aromatic nitrogens is 5. The van der Waals surface area contributed by atoms with Crippen molar-refractivity contribution in [2.24, 2.45) is 0 Å². The monoisotopic (exact) mass is 472 g/mol. The second kappa shape index (κ2) is 7.77. The van der Waals surface area contributed by atoms with Crippen molar-refractivity contribution in [2.45, 2.75) is 47.0 Å². The SMILES string of the molecule is Cc1cc(C(F)(F)F)c2c(C)nn(CC(=O)NCCn3nc(C)c(Br)c3C)c2n1. The number of halogens is 4. The lowest BCUT2D eigenvalue weighted by atomic mass is 10.1. The van der Waals surface area contributed by atoms with Gasteiger partial charge in [0.15, 0.2) is 5.65 Å². The van der Waals surface area contributed by atoms with Crippen LogP contribution in [0, 0.1) is 27.7 Å². The summed E-state index contributed by atoms with van der Waals surface area (Å²) in [7, 11) is 0. The molecule has 7 nitrogen and oxygen atoms in total. The lowest BCUT2D eigenvalue weighted by Crippen LogP contribution is -2.31. The molecular weight excluding hydrogens is 453 g/mol. The Bertz CT molecular complexity index is 1090. The number of nitrogens with zero attached hydrogens (tertiary/aromatic N) is 5. The molecule has 0 atom stereocenters. The van der Waals surface area contributed by atoms with Gasteiger partial charge in [-0.15, -0.1) is 0 Å². The zero-order chi connectivity index (χ0) is 21.5. The number of carbonyl (C=O) groups excluding carboxylic acids is 1. The van der Waals surface area contributed by atoms with E-state index in [1.54, 1.807) is 4.68 Å². The molecule has 3 heterocycles. The van der Waals surface area contributed by atoms with Crippen LogP contribution in [0.5, 0.6) is 0 Å². The van der Waals surface area contributed by atoms with Crippen LogP contribution in [0.2, 0.25) is 0 Å². The molecule has 1 N–H and O–H groups in total. The maximum Gasteiger partial charge on any atom is 0.417 e. The molecule has 0 aliphatic heterocycles. The van der Waals surface area contributed by atoms with Crippen molar-refractivity contribution in [1.29, 1.82) is 0 Å². The number of aryl methyl sites for hydroxylation is 3. The Kier molecular flexibility index (Phi) is 5.70. The number of fused-ring (bicyclic) bond motifs is 1. The molecule has 3 rings (SSSR count). The van der Waals surface area contributed by atoms with E-state index < -0.39 is 11.7 Å². The van der Waals surface area contributed by atoms with Gasteiger partial charge in [0.1, 0.15) is 6.54 Å². The van der Waals surface area contributed by atoms with Crippen molar-refractivity contribution in [3.63, 3.8) is 0 Å². The van der Waals surface area contributed by atoms with E-state index >= 15 is 0 Å². The van der Waals surface area contributed by atoms with Crippen LogP contribution in [0.3, 0.4) is 0 Å². The Morgan fingerprint density at radius 2 is 1.79 bits per heavy atom. The molecular formula is C18H20BrF3N6O. The van der Waals surface area contributed by atoms with Gasteiger partial charge in [0.05, 0.1) is 33.4 Å². The minimum atomic E-state index is -4.53. The fraction of sp³-hybridized carbons (Fsp3) is 0.444. The van der Waals surface area contributed by atoms with Crippen molar-refractivity contribution < 1.29 is 18.0 Å². The predicted molar refractivity (Wildman–Crippen MR) is 104 cm³/mol. The number of alkyl halides is 3. The molecule has 0 fully saturated rings. The summed E-state index contributed by atoms with van der Waals surface area (Å²) in [4.78, 5) is 16.5. The maximum absolute atomic E-state index is 13.4. The molecule has 0 aliphatic rings. The molecule has 0 aliphatic carbocycles. The number of hydrogen-bond acceptors (Lipinski definition) is 4. The largest absolute Gasteiger partial charge is 0.417 e. The summed E-state index contributed by atoms with van der Waals surface area (Å²) in [5.41, 5.74) is 1.45. The first-order valence-corrected chi connectivity index (χ1v) is 9.66. The van der Waals surface area contributed by atoms with E-state index in [4.69, 9.17) is 0 Å². The van der Waals surface area contributed by atoms with Crippen LogP contribution in [0.15, 0.2) is 10.5 Å². The third-order valence-corrected chi connectivity index (χ3v) is 5.69. The Balaban J connectivity index is 1.75. The molecule has 3 aromatic heterocycles. The molecule has 0 saturated carbocycles. The highest BCUT2D eigenvalue weighted by atomic mass is 79.9. The molecule has 156 valence electrons. The van der Waals surface area contributed by atoms with Gasteiger partial charge in [-0.05, 0) is 49.7 Å². The minimum absolute atomic E-state index is 0.0486. The highest BCUT2D eigenvalue weighted by molar-refractivity contribution is 9.10. The zero-order valence-corrected chi connectivity index (χ0v) is 17.9. The summed E-state index contributed by atoms with van der Waals surface area (Å²) >= 11 is 3.45. The van der Waals surface area contributed by atoms with E-state index in [0.717, 1.165) is 21.9 Å². The molecule has 3 aromatic rings. The van der Waals surface area contributed by atoms with Crippen LogP contribution >= 0.6 is 15.9 Å². The van der Waals surface area contributed by atoms with Crippen molar-refractivity contribution in [1.82, 2.24) is 29.9 Å². The Morgan fingerprint density at radius 3 is 2.38 bits per heavy atom. The second-order valence-electron chi connectivity index (χ2n) is 6.81. The van der Waals surface area contributed by atoms with E-state index in [-0.39, 0.29) is 34.9 Å². The van der Waals surface area contributed by atoms with Gasteiger partial charge in [0.2, 0.25) is 5.91 Å². The van der Waals surface area contributed by atoms with Gasteiger partial charge in [-0.2, -0.15) is 23.4 Å². The smallest absolute Gasteiger partial charge is 0.353 e. The molecule has 1 amide bonds. The summed E-state index contributed by atoms with van der Waals surface area (Å²) in [6, 6.07) is 0.994. The van der Waals surface area contributed by atoms with Gasteiger partial charge < -0.3 is 5.32 Å². The highest BCUT2D eigenvalue weighted by Crippen LogP contribution is 2.36. The topological polar surface area (TPSA) is 77.6 Å². The zero-order valence-electron chi connectivity index (χ0n) is 16.4. The lowest BCUT2D eigenvalue weighted by molar-refractivity contribution is -0.136. The number of pyridine rings is 1. The average Bonchev–Trinajstić information content (AvgIpc) is 3.05. The van der Waals surface area contributed by atoms with Gasteiger partial charge in [-0.3, -0.25) is 9.48 Å². The first-order valence-electron chi connectivity index (χ1n) is 8.87. The van der Waals surface area contributed by atoms with E-state index in [1.165, 1.54) is 18.5 Å². The molecule has 0 saturated heterocycles. The van der Waals surface area contributed by atoms with E-state index in [9.17, 15) is 18.0 Å². The third kappa shape index (κ3) is 4.29. The molecule has 0 radical (unpaired) electrons. The fourth-order valence-corrected chi connectivity index (χ4v) is 3.48. The van der Waals surface area contributed by atoms with Gasteiger partial charge >= 0.3 is 6.18 Å². The Hall–Kier alpha value is -2.43. The third-order valence-electron chi connectivity index (χ3n) is 4.54. The summed E-state index contributed by atoms with van der Waals surface area (Å²) < 4.78 is 44.1. The van der Waals surface area contributed by atoms with Crippen molar-refractivity contribution in [3.05, 3.63) is 38.9 Å². The van der Waals surface area contributed by atoms with Crippen molar-refractivity contribution >= 4 is 32.9 Å². The number of nitrogens with one attached hydrogen (secondary N) is 1. The number of carbonyl (C=O) groups is 1. The molecule has 0 unspecified atom stereocenters. The number of rotatable bonds is 5. The van der Waals surface area contributed by atoms with Crippen LogP contribution in [-0.4, -0.2) is 37.0 Å². The first kappa shape index (κ1) is 21.3. The molecule has 11 heteroatoms. The fourth-order valence-electron chi connectivity index (χ4n) is 3.20. The van der Waals surface area contributed by atoms with E-state index in [1.807, 2.05) is 13.8 Å². The standard InChI is InChI=1S/C18H20BrF3N6O/c1-9-7-13(18(20,21)22)15-10(2)25-28(17(15)24-9)8-14(29)23-5-6-27-12(4)16(19)11(3)26-27/h7H,5-6,8H2,1-4H3,(H,23,29). The number of amides is 1. The van der Waals surface area contributed by atoms with Crippen LogP contribution < -0.4 is 5.32 Å². The van der Waals surface area contributed by atoms with Crippen molar-refractivity contribution in [2.75, 3.05) is 6.54 Å². The van der Waals surface area contributed by atoms with Crippen LogP contribution in [0.25, 0.3) is 11.0 Å². The normalized spacial score (nSPS) is 12.0. The summed E-state index contributed by atoms with van der Waals surface area (Å²) in [6.45, 7) is 7.32. The second-order valence-corrected chi connectivity index (χ2v) is 7.60. The highest BCUT2D eigenvalue weighted by Gasteiger charge is 2.35. The van der Waals surface area contributed by atoms with Crippen LogP contribution in [-0.2, 0) is 24.1 Å². The van der Waals surface area contributed by atoms with Gasteiger partial charge in [-0.1, -0.05) is 0 Å².